The quantitative estimate of drug-likeness (QED) is 0.550. The highest BCUT2D eigenvalue weighted by Gasteiger charge is 2.23. The Kier molecular flexibility index (Phi) is 5.86. The number of carbonyl (C=O) groups excluding carboxylic acids is 1. The molecule has 1 aliphatic rings. The molecule has 1 aromatic carbocycles. The summed E-state index contributed by atoms with van der Waals surface area (Å²) in [6.45, 7) is 3.97. The molecule has 0 radical (unpaired) electrons. The third-order valence-corrected chi connectivity index (χ3v) is 5.29. The number of piperazine rings is 1. The smallest absolute Gasteiger partial charge is 0.269 e. The Labute approximate surface area is 140 Å². The first kappa shape index (κ1) is 18.3. The molecule has 0 aromatic heterocycles. The number of non-ortho nitro benzene ring substituents is 1. The van der Waals surface area contributed by atoms with Gasteiger partial charge in [0.15, 0.2) is 0 Å². The lowest BCUT2D eigenvalue weighted by molar-refractivity contribution is -0.384. The van der Waals surface area contributed by atoms with Crippen molar-refractivity contribution in [3.05, 3.63) is 34.4 Å². The maximum Gasteiger partial charge on any atom is 0.269 e. The van der Waals surface area contributed by atoms with E-state index in [0.717, 1.165) is 25.2 Å². The Morgan fingerprint density at radius 2 is 2.08 bits per heavy atom. The largest absolute Gasteiger partial charge is 0.337 e. The van der Waals surface area contributed by atoms with Gasteiger partial charge in [0.2, 0.25) is 15.9 Å². The average Bonchev–Trinajstić information content (AvgIpc) is 2.55. The minimum Gasteiger partial charge on any atom is -0.337 e. The van der Waals surface area contributed by atoms with E-state index in [1.807, 2.05) is 6.92 Å². The first-order valence-electron chi connectivity index (χ1n) is 7.55. The molecule has 9 nitrogen and oxygen atoms in total. The van der Waals surface area contributed by atoms with Gasteiger partial charge in [-0.3, -0.25) is 14.9 Å². The lowest BCUT2D eigenvalue weighted by Crippen LogP contribution is -2.52. The van der Waals surface area contributed by atoms with Gasteiger partial charge in [-0.1, -0.05) is 0 Å². The third kappa shape index (κ3) is 4.49. The van der Waals surface area contributed by atoms with Crippen LogP contribution >= 0.6 is 0 Å². The van der Waals surface area contributed by atoms with Crippen LogP contribution in [0.2, 0.25) is 0 Å². The Hall–Kier alpha value is -2.04. The normalized spacial score (nSPS) is 18.4. The van der Waals surface area contributed by atoms with Gasteiger partial charge in [-0.25, -0.2) is 13.1 Å². The first-order chi connectivity index (χ1) is 11.3. The van der Waals surface area contributed by atoms with E-state index in [1.165, 1.54) is 12.1 Å². The van der Waals surface area contributed by atoms with E-state index in [4.69, 9.17) is 0 Å². The molecule has 0 bridgehead atoms. The second kappa shape index (κ2) is 7.69. The zero-order valence-corrected chi connectivity index (χ0v) is 14.1. The monoisotopic (exact) mass is 356 g/mol. The Bertz CT molecular complexity index is 704. The van der Waals surface area contributed by atoms with Crippen LogP contribution in [0.5, 0.6) is 0 Å². The first-order valence-corrected chi connectivity index (χ1v) is 9.04. The van der Waals surface area contributed by atoms with Gasteiger partial charge in [-0.15, -0.1) is 0 Å². The van der Waals surface area contributed by atoms with Crippen LogP contribution in [0.1, 0.15) is 13.3 Å². The number of benzene rings is 1. The van der Waals surface area contributed by atoms with Gasteiger partial charge in [0, 0.05) is 50.8 Å². The number of nitrogens with zero attached hydrogens (tertiary/aromatic N) is 2. The van der Waals surface area contributed by atoms with Gasteiger partial charge >= 0.3 is 0 Å². The minimum absolute atomic E-state index is 0.0190. The van der Waals surface area contributed by atoms with E-state index in [0.29, 0.717) is 6.54 Å². The highest BCUT2D eigenvalue weighted by atomic mass is 32.2. The molecule has 0 spiro atoms. The number of nitrogens with one attached hydrogen (secondary N) is 2. The van der Waals surface area contributed by atoms with Gasteiger partial charge in [0.05, 0.1) is 9.82 Å². The summed E-state index contributed by atoms with van der Waals surface area (Å²) in [6.07, 6.45) is 0.0660. The predicted octanol–water partition coefficient (Wildman–Crippen LogP) is 0.0835. The van der Waals surface area contributed by atoms with Crippen molar-refractivity contribution in [2.24, 2.45) is 0 Å². The zero-order valence-electron chi connectivity index (χ0n) is 13.3. The fourth-order valence-corrected chi connectivity index (χ4v) is 3.51. The zero-order chi connectivity index (χ0) is 17.7. The molecule has 1 aliphatic heterocycles. The van der Waals surface area contributed by atoms with Crippen molar-refractivity contribution in [2.45, 2.75) is 24.3 Å². The molecular weight excluding hydrogens is 336 g/mol. The van der Waals surface area contributed by atoms with Crippen molar-refractivity contribution < 1.29 is 18.1 Å². The number of nitro benzene ring substituents is 1. The van der Waals surface area contributed by atoms with Crippen molar-refractivity contribution in [1.29, 1.82) is 0 Å². The van der Waals surface area contributed by atoms with E-state index in [2.05, 4.69) is 10.0 Å². The average molecular weight is 356 g/mol. The van der Waals surface area contributed by atoms with Crippen LogP contribution in [0.15, 0.2) is 29.2 Å². The molecule has 2 N–H and O–H groups in total. The lowest BCUT2D eigenvalue weighted by atomic mass is 10.2. The van der Waals surface area contributed by atoms with Crippen LogP contribution in [-0.4, -0.2) is 56.4 Å². The van der Waals surface area contributed by atoms with Crippen molar-refractivity contribution in [1.82, 2.24) is 14.9 Å². The standard InChI is InChI=1S/C14H20N4O5S/c1-11-10-15-8-9-17(11)14(19)6-7-16-24(22,23)13-4-2-12(3-5-13)18(20)21/h2-5,11,15-16H,6-10H2,1H3. The second-order valence-corrected chi connectivity index (χ2v) is 7.31. The fourth-order valence-electron chi connectivity index (χ4n) is 2.48. The van der Waals surface area contributed by atoms with Crippen molar-refractivity contribution in [2.75, 3.05) is 26.2 Å². The molecule has 2 rings (SSSR count). The van der Waals surface area contributed by atoms with E-state index in [9.17, 15) is 23.3 Å². The van der Waals surface area contributed by atoms with Crippen LogP contribution < -0.4 is 10.0 Å². The molecule has 10 heteroatoms. The van der Waals surface area contributed by atoms with Crippen LogP contribution in [0.25, 0.3) is 0 Å². The van der Waals surface area contributed by atoms with Gasteiger partial charge < -0.3 is 10.2 Å². The van der Waals surface area contributed by atoms with Crippen LogP contribution in [0.4, 0.5) is 5.69 Å². The van der Waals surface area contributed by atoms with E-state index < -0.39 is 14.9 Å². The molecule has 24 heavy (non-hydrogen) atoms. The molecular formula is C14H20N4O5S. The molecule has 0 aliphatic carbocycles. The maximum absolute atomic E-state index is 12.1. The highest BCUT2D eigenvalue weighted by molar-refractivity contribution is 7.89. The minimum atomic E-state index is -3.80. The summed E-state index contributed by atoms with van der Waals surface area (Å²) in [7, 11) is -3.80. The number of sulfonamides is 1. The summed E-state index contributed by atoms with van der Waals surface area (Å²) in [6, 6.07) is 4.67. The number of amides is 1. The van der Waals surface area contributed by atoms with Gasteiger partial charge in [0.25, 0.3) is 5.69 Å². The van der Waals surface area contributed by atoms with Crippen LogP contribution in [0, 0.1) is 10.1 Å². The van der Waals surface area contributed by atoms with E-state index in [1.54, 1.807) is 4.90 Å². The second-order valence-electron chi connectivity index (χ2n) is 5.54. The Morgan fingerprint density at radius 3 is 2.67 bits per heavy atom. The molecule has 1 saturated heterocycles. The van der Waals surface area contributed by atoms with Crippen LogP contribution in [-0.2, 0) is 14.8 Å². The summed E-state index contributed by atoms with van der Waals surface area (Å²) in [5, 5.41) is 13.8. The number of hydrogen-bond donors (Lipinski definition) is 2. The maximum atomic E-state index is 12.1. The van der Waals surface area contributed by atoms with Crippen molar-refractivity contribution in [3.8, 4) is 0 Å². The lowest BCUT2D eigenvalue weighted by Gasteiger charge is -2.34. The molecule has 1 aromatic rings. The van der Waals surface area contributed by atoms with Gasteiger partial charge in [-0.2, -0.15) is 0 Å². The summed E-state index contributed by atoms with van der Waals surface area (Å²) in [5.74, 6) is -0.101. The van der Waals surface area contributed by atoms with Crippen molar-refractivity contribution in [3.63, 3.8) is 0 Å². The number of nitro groups is 1. The topological polar surface area (TPSA) is 122 Å². The summed E-state index contributed by atoms with van der Waals surface area (Å²) >= 11 is 0. The molecule has 132 valence electrons. The SMILES string of the molecule is CC1CNCCN1C(=O)CCNS(=O)(=O)c1ccc([N+](=O)[O-])cc1. The van der Waals surface area contributed by atoms with Gasteiger partial charge in [0.1, 0.15) is 0 Å². The van der Waals surface area contributed by atoms with Crippen molar-refractivity contribution >= 4 is 21.6 Å². The fraction of sp³-hybridized carbons (Fsp3) is 0.500. The number of carbonyl (C=O) groups is 1. The third-order valence-electron chi connectivity index (χ3n) is 3.81. The Balaban J connectivity index is 1.90. The molecule has 1 fully saturated rings. The highest BCUT2D eigenvalue weighted by Crippen LogP contribution is 2.15. The van der Waals surface area contributed by atoms with Crippen LogP contribution in [0.3, 0.4) is 0 Å². The molecule has 1 amide bonds. The van der Waals surface area contributed by atoms with E-state index >= 15 is 0 Å². The molecule has 0 saturated carbocycles. The van der Waals surface area contributed by atoms with E-state index in [-0.39, 0.29) is 35.5 Å². The van der Waals surface area contributed by atoms with Gasteiger partial charge in [-0.05, 0) is 19.1 Å². The predicted molar refractivity (Wildman–Crippen MR) is 86.9 cm³/mol. The molecule has 1 atom stereocenters. The summed E-state index contributed by atoms with van der Waals surface area (Å²) < 4.78 is 26.6. The molecule has 1 unspecified atom stereocenters. The number of hydrogen-bond acceptors (Lipinski definition) is 6. The Morgan fingerprint density at radius 1 is 1.42 bits per heavy atom. The summed E-state index contributed by atoms with van der Waals surface area (Å²) in [4.78, 5) is 23.8. The summed E-state index contributed by atoms with van der Waals surface area (Å²) in [5.41, 5.74) is -0.183. The molecule has 1 heterocycles. The number of rotatable bonds is 6.